The third kappa shape index (κ3) is 4.40. The van der Waals surface area contributed by atoms with Crippen molar-refractivity contribution in [3.8, 4) is 5.75 Å². The molecular weight excluding hydrogens is 402 g/mol. The highest BCUT2D eigenvalue weighted by atomic mass is 16.5. The molecule has 32 heavy (non-hydrogen) atoms. The van der Waals surface area contributed by atoms with E-state index >= 15 is 0 Å². The van der Waals surface area contributed by atoms with E-state index < -0.39 is 0 Å². The maximum atomic E-state index is 13.4. The van der Waals surface area contributed by atoms with Crippen LogP contribution < -0.4 is 15.0 Å². The lowest BCUT2D eigenvalue weighted by atomic mass is 9.95. The summed E-state index contributed by atoms with van der Waals surface area (Å²) in [5.74, 6) is 0.426. The predicted octanol–water partition coefficient (Wildman–Crippen LogP) is 4.41. The zero-order valence-corrected chi connectivity index (χ0v) is 18.8. The molecule has 1 aliphatic rings. The topological polar surface area (TPSA) is 61.9 Å². The summed E-state index contributed by atoms with van der Waals surface area (Å²) in [6.07, 6.45) is 1.58. The highest BCUT2D eigenvalue weighted by molar-refractivity contribution is 6.08. The first-order chi connectivity index (χ1) is 15.5. The molecule has 0 radical (unpaired) electrons. The minimum absolute atomic E-state index is 0.0420. The minimum Gasteiger partial charge on any atom is -0.496 e. The maximum Gasteiger partial charge on any atom is 0.254 e. The van der Waals surface area contributed by atoms with Gasteiger partial charge in [0.2, 0.25) is 5.91 Å². The minimum atomic E-state index is -0.231. The Labute approximate surface area is 188 Å². The molecule has 6 nitrogen and oxygen atoms in total. The van der Waals surface area contributed by atoms with E-state index in [-0.39, 0.29) is 17.7 Å². The summed E-state index contributed by atoms with van der Waals surface area (Å²) in [4.78, 5) is 30.1. The van der Waals surface area contributed by atoms with Crippen molar-refractivity contribution in [1.82, 2.24) is 4.90 Å². The Hall–Kier alpha value is -3.54. The second-order valence-electron chi connectivity index (χ2n) is 8.38. The van der Waals surface area contributed by atoms with E-state index in [1.54, 1.807) is 12.0 Å². The standard InChI is InChI=1S/C26H29N3O3/c1-28(2)20-12-10-19(11-13-20)27-25(30)18-7-6-16-29(17-18)26(31)23-14-15-24(32-3)22-9-5-4-8-21(22)23/h4-5,8-15,18H,6-7,16-17H2,1-3H3,(H,27,30). The number of hydrogen-bond donors (Lipinski definition) is 1. The van der Waals surface area contributed by atoms with Gasteiger partial charge in [0, 0.05) is 49.5 Å². The SMILES string of the molecule is COc1ccc(C(=O)N2CCCC(C(=O)Nc3ccc(N(C)C)cc3)C2)c2ccccc12. The number of methoxy groups -OCH3 is 1. The number of nitrogens with zero attached hydrogens (tertiary/aromatic N) is 2. The molecule has 0 bridgehead atoms. The molecule has 1 atom stereocenters. The highest BCUT2D eigenvalue weighted by Crippen LogP contribution is 2.30. The molecule has 1 N–H and O–H groups in total. The van der Waals surface area contributed by atoms with E-state index in [0.29, 0.717) is 18.7 Å². The number of nitrogens with one attached hydrogen (secondary N) is 1. The van der Waals surface area contributed by atoms with Gasteiger partial charge >= 0.3 is 0 Å². The molecule has 0 saturated carbocycles. The molecule has 4 rings (SSSR count). The van der Waals surface area contributed by atoms with Crippen LogP contribution >= 0.6 is 0 Å². The number of anilines is 2. The third-order valence-electron chi connectivity index (χ3n) is 6.07. The first-order valence-electron chi connectivity index (χ1n) is 10.9. The number of likely N-dealkylation sites (tertiary alicyclic amines) is 1. The first kappa shape index (κ1) is 21.7. The van der Waals surface area contributed by atoms with Gasteiger partial charge in [0.25, 0.3) is 5.91 Å². The molecule has 0 aliphatic carbocycles. The Bertz CT molecular complexity index is 1120. The zero-order valence-electron chi connectivity index (χ0n) is 18.8. The lowest BCUT2D eigenvalue weighted by Gasteiger charge is -2.32. The normalized spacial score (nSPS) is 16.0. The molecular formula is C26H29N3O3. The Morgan fingerprint density at radius 2 is 1.72 bits per heavy atom. The van der Waals surface area contributed by atoms with Crippen molar-refractivity contribution in [2.45, 2.75) is 12.8 Å². The number of carbonyl (C=O) groups excluding carboxylic acids is 2. The number of benzene rings is 3. The van der Waals surface area contributed by atoms with E-state index in [0.717, 1.165) is 40.7 Å². The van der Waals surface area contributed by atoms with Crippen molar-refractivity contribution in [2.24, 2.45) is 5.92 Å². The monoisotopic (exact) mass is 431 g/mol. The van der Waals surface area contributed by atoms with Crippen LogP contribution in [0.25, 0.3) is 10.8 Å². The molecule has 1 fully saturated rings. The van der Waals surface area contributed by atoms with Gasteiger partial charge in [0.15, 0.2) is 0 Å². The fraction of sp³-hybridized carbons (Fsp3) is 0.308. The predicted molar refractivity (Wildman–Crippen MR) is 129 cm³/mol. The van der Waals surface area contributed by atoms with E-state index in [2.05, 4.69) is 5.32 Å². The summed E-state index contributed by atoms with van der Waals surface area (Å²) < 4.78 is 5.45. The van der Waals surface area contributed by atoms with E-state index in [1.165, 1.54) is 0 Å². The van der Waals surface area contributed by atoms with Crippen LogP contribution in [0.5, 0.6) is 5.75 Å². The van der Waals surface area contributed by atoms with Gasteiger partial charge in [-0.05, 0) is 54.6 Å². The second kappa shape index (κ2) is 9.30. The van der Waals surface area contributed by atoms with Crippen LogP contribution in [-0.2, 0) is 4.79 Å². The van der Waals surface area contributed by atoms with Gasteiger partial charge in [0.05, 0.1) is 13.0 Å². The average molecular weight is 432 g/mol. The Balaban J connectivity index is 1.48. The summed E-state index contributed by atoms with van der Waals surface area (Å²) in [5, 5.41) is 4.79. The quantitative estimate of drug-likeness (QED) is 0.650. The molecule has 166 valence electrons. The van der Waals surface area contributed by atoms with E-state index in [4.69, 9.17) is 4.74 Å². The van der Waals surface area contributed by atoms with Crippen molar-refractivity contribution in [2.75, 3.05) is 44.5 Å². The lowest BCUT2D eigenvalue weighted by molar-refractivity contribution is -0.121. The first-order valence-corrected chi connectivity index (χ1v) is 10.9. The Morgan fingerprint density at radius 1 is 1.00 bits per heavy atom. The smallest absolute Gasteiger partial charge is 0.254 e. The van der Waals surface area contributed by atoms with Gasteiger partial charge in [-0.1, -0.05) is 24.3 Å². The number of rotatable bonds is 5. The molecule has 3 aromatic rings. The van der Waals surface area contributed by atoms with Crippen LogP contribution in [0, 0.1) is 5.92 Å². The van der Waals surface area contributed by atoms with Crippen LogP contribution in [0.2, 0.25) is 0 Å². The fourth-order valence-corrected chi connectivity index (χ4v) is 4.27. The summed E-state index contributed by atoms with van der Waals surface area (Å²) >= 11 is 0. The molecule has 0 aromatic heterocycles. The maximum absolute atomic E-state index is 13.4. The van der Waals surface area contributed by atoms with Gasteiger partial charge in [0.1, 0.15) is 5.75 Å². The third-order valence-corrected chi connectivity index (χ3v) is 6.07. The Kier molecular flexibility index (Phi) is 6.30. The average Bonchev–Trinajstić information content (AvgIpc) is 2.83. The highest BCUT2D eigenvalue weighted by Gasteiger charge is 2.29. The molecule has 2 amide bonds. The van der Waals surface area contributed by atoms with Gasteiger partial charge in [-0.2, -0.15) is 0 Å². The number of carbonyl (C=O) groups is 2. The molecule has 3 aromatic carbocycles. The van der Waals surface area contributed by atoms with Crippen molar-refractivity contribution < 1.29 is 14.3 Å². The van der Waals surface area contributed by atoms with Gasteiger partial charge in [-0.3, -0.25) is 9.59 Å². The number of ether oxygens (including phenoxy) is 1. The summed E-state index contributed by atoms with van der Waals surface area (Å²) in [6, 6.07) is 19.2. The number of piperidine rings is 1. The van der Waals surface area contributed by atoms with Crippen LogP contribution in [0.3, 0.4) is 0 Å². The van der Waals surface area contributed by atoms with Crippen LogP contribution in [0.1, 0.15) is 23.2 Å². The summed E-state index contributed by atoms with van der Waals surface area (Å²) in [5.41, 5.74) is 2.48. The number of hydrogen-bond acceptors (Lipinski definition) is 4. The zero-order chi connectivity index (χ0) is 22.7. The van der Waals surface area contributed by atoms with Crippen molar-refractivity contribution >= 4 is 34.0 Å². The van der Waals surface area contributed by atoms with Crippen LogP contribution in [-0.4, -0.2) is 51.0 Å². The summed E-state index contributed by atoms with van der Waals surface area (Å²) in [7, 11) is 5.59. The van der Waals surface area contributed by atoms with E-state index in [1.807, 2.05) is 79.7 Å². The largest absolute Gasteiger partial charge is 0.496 e. The van der Waals surface area contributed by atoms with Gasteiger partial charge in [-0.25, -0.2) is 0 Å². The van der Waals surface area contributed by atoms with Crippen LogP contribution in [0.4, 0.5) is 11.4 Å². The summed E-state index contributed by atoms with van der Waals surface area (Å²) in [6.45, 7) is 1.07. The van der Waals surface area contributed by atoms with E-state index in [9.17, 15) is 9.59 Å². The molecule has 6 heteroatoms. The lowest BCUT2D eigenvalue weighted by Crippen LogP contribution is -2.43. The van der Waals surface area contributed by atoms with Crippen molar-refractivity contribution in [1.29, 1.82) is 0 Å². The number of amides is 2. The molecule has 0 spiro atoms. The Morgan fingerprint density at radius 3 is 2.41 bits per heavy atom. The van der Waals surface area contributed by atoms with Gasteiger partial charge < -0.3 is 19.9 Å². The fourth-order valence-electron chi connectivity index (χ4n) is 4.27. The number of fused-ring (bicyclic) bond motifs is 1. The molecule has 1 unspecified atom stereocenters. The molecule has 1 saturated heterocycles. The molecule has 1 aliphatic heterocycles. The van der Waals surface area contributed by atoms with Crippen LogP contribution in [0.15, 0.2) is 60.7 Å². The molecule has 1 heterocycles. The second-order valence-corrected chi connectivity index (χ2v) is 8.38. The van der Waals surface area contributed by atoms with Crippen molar-refractivity contribution in [3.63, 3.8) is 0 Å². The van der Waals surface area contributed by atoms with Crippen molar-refractivity contribution in [3.05, 3.63) is 66.2 Å². The van der Waals surface area contributed by atoms with Gasteiger partial charge in [-0.15, -0.1) is 0 Å².